The van der Waals surface area contributed by atoms with Crippen LogP contribution >= 0.6 is 0 Å². The Morgan fingerprint density at radius 2 is 1.81 bits per heavy atom. The fourth-order valence-corrected chi connectivity index (χ4v) is 1.62. The summed E-state index contributed by atoms with van der Waals surface area (Å²) in [7, 11) is 0. The van der Waals surface area contributed by atoms with Crippen molar-refractivity contribution in [3.8, 4) is 0 Å². The van der Waals surface area contributed by atoms with Crippen LogP contribution in [0.15, 0.2) is 48.5 Å². The first-order valence-corrected chi connectivity index (χ1v) is 5.42. The maximum Gasteiger partial charge on any atom is 0.0352 e. The second-order valence-corrected chi connectivity index (χ2v) is 3.87. The highest BCUT2D eigenvalue weighted by Crippen LogP contribution is 2.16. The summed E-state index contributed by atoms with van der Waals surface area (Å²) in [6.07, 6.45) is 3.95. The Kier molecular flexibility index (Phi) is 3.34. The lowest BCUT2D eigenvalue weighted by Crippen LogP contribution is -2.26. The molecule has 0 aliphatic carbocycles. The first-order valence-electron chi connectivity index (χ1n) is 5.42. The third-order valence-electron chi connectivity index (χ3n) is 2.58. The molecule has 2 aromatic carbocycles. The lowest BCUT2D eigenvalue weighted by molar-refractivity contribution is 0.827. The molecular formula is C14H16N2. The van der Waals surface area contributed by atoms with Crippen LogP contribution in [0.2, 0.25) is 0 Å². The van der Waals surface area contributed by atoms with Gasteiger partial charge in [0.1, 0.15) is 0 Å². The van der Waals surface area contributed by atoms with Crippen LogP contribution in [0.1, 0.15) is 5.56 Å². The number of nitrogens with two attached hydrogens (primary N) is 2. The molecule has 0 bridgehead atoms. The van der Waals surface area contributed by atoms with Crippen LogP contribution in [0.3, 0.4) is 0 Å². The molecule has 0 fully saturated rings. The normalized spacial score (nSPS) is 13.4. The zero-order valence-electron chi connectivity index (χ0n) is 9.14. The Hall–Kier alpha value is -1.64. The van der Waals surface area contributed by atoms with E-state index in [0.29, 0.717) is 6.54 Å². The summed E-state index contributed by atoms with van der Waals surface area (Å²) < 4.78 is 0. The Bertz CT molecular complexity index is 503. The van der Waals surface area contributed by atoms with Gasteiger partial charge >= 0.3 is 0 Å². The molecule has 0 saturated heterocycles. The van der Waals surface area contributed by atoms with E-state index in [-0.39, 0.29) is 6.04 Å². The van der Waals surface area contributed by atoms with Gasteiger partial charge in [0.2, 0.25) is 0 Å². The van der Waals surface area contributed by atoms with Gasteiger partial charge in [0.15, 0.2) is 0 Å². The van der Waals surface area contributed by atoms with Crippen molar-refractivity contribution in [3.05, 3.63) is 54.1 Å². The maximum absolute atomic E-state index is 5.72. The van der Waals surface area contributed by atoms with Gasteiger partial charge in [-0.1, -0.05) is 48.6 Å². The Labute approximate surface area is 95.6 Å². The van der Waals surface area contributed by atoms with E-state index in [0.717, 1.165) is 5.56 Å². The average Bonchev–Trinajstić information content (AvgIpc) is 2.35. The standard InChI is InChI=1S/C14H16N2/c15-10-14(16)8-6-11-5-7-12-3-1-2-4-13(12)9-11/h1-9,14H,10,15-16H2/b8-6+. The van der Waals surface area contributed by atoms with Crippen LogP contribution in [-0.4, -0.2) is 12.6 Å². The molecule has 4 N–H and O–H groups in total. The van der Waals surface area contributed by atoms with Gasteiger partial charge in [0.05, 0.1) is 0 Å². The zero-order valence-corrected chi connectivity index (χ0v) is 9.14. The second kappa shape index (κ2) is 4.92. The minimum absolute atomic E-state index is 0.0635. The summed E-state index contributed by atoms with van der Waals surface area (Å²) in [6, 6.07) is 14.6. The third-order valence-corrected chi connectivity index (χ3v) is 2.58. The highest BCUT2D eigenvalue weighted by atomic mass is 14.7. The monoisotopic (exact) mass is 212 g/mol. The van der Waals surface area contributed by atoms with Crippen molar-refractivity contribution in [2.75, 3.05) is 6.54 Å². The maximum atomic E-state index is 5.72. The Balaban J connectivity index is 2.29. The molecule has 2 aromatic rings. The summed E-state index contributed by atoms with van der Waals surface area (Å²) in [6.45, 7) is 0.476. The van der Waals surface area contributed by atoms with Crippen LogP contribution in [0.5, 0.6) is 0 Å². The highest BCUT2D eigenvalue weighted by Gasteiger charge is 1.94. The van der Waals surface area contributed by atoms with E-state index >= 15 is 0 Å². The van der Waals surface area contributed by atoms with Crippen molar-refractivity contribution in [3.63, 3.8) is 0 Å². The number of fused-ring (bicyclic) bond motifs is 1. The summed E-state index contributed by atoms with van der Waals surface area (Å²) in [4.78, 5) is 0. The molecule has 0 saturated carbocycles. The molecule has 2 heteroatoms. The molecule has 2 rings (SSSR count). The lowest BCUT2D eigenvalue weighted by atomic mass is 10.1. The van der Waals surface area contributed by atoms with Gasteiger partial charge < -0.3 is 11.5 Å². The van der Waals surface area contributed by atoms with Crippen LogP contribution in [0.25, 0.3) is 16.8 Å². The fraction of sp³-hybridized carbons (Fsp3) is 0.143. The average molecular weight is 212 g/mol. The SMILES string of the molecule is NCC(N)/C=C/c1ccc2ccccc2c1. The molecule has 0 aromatic heterocycles. The number of hydrogen-bond acceptors (Lipinski definition) is 2. The van der Waals surface area contributed by atoms with E-state index in [4.69, 9.17) is 11.5 Å². The zero-order chi connectivity index (χ0) is 11.4. The first-order chi connectivity index (χ1) is 7.79. The number of benzene rings is 2. The van der Waals surface area contributed by atoms with Crippen LogP contribution in [-0.2, 0) is 0 Å². The smallest absolute Gasteiger partial charge is 0.0352 e. The molecule has 82 valence electrons. The summed E-state index contributed by atoms with van der Waals surface area (Å²) in [5.74, 6) is 0. The molecule has 0 radical (unpaired) electrons. The van der Waals surface area contributed by atoms with E-state index in [9.17, 15) is 0 Å². The fourth-order valence-electron chi connectivity index (χ4n) is 1.62. The molecule has 2 nitrogen and oxygen atoms in total. The Morgan fingerprint density at radius 1 is 1.06 bits per heavy atom. The molecule has 0 aliphatic rings. The predicted molar refractivity (Wildman–Crippen MR) is 70.0 cm³/mol. The van der Waals surface area contributed by atoms with E-state index < -0.39 is 0 Å². The van der Waals surface area contributed by atoms with Crippen molar-refractivity contribution in [2.45, 2.75) is 6.04 Å². The summed E-state index contributed by atoms with van der Waals surface area (Å²) in [5, 5.41) is 2.49. The number of hydrogen-bond donors (Lipinski definition) is 2. The highest BCUT2D eigenvalue weighted by molar-refractivity contribution is 5.84. The minimum atomic E-state index is -0.0635. The third kappa shape index (κ3) is 2.48. The van der Waals surface area contributed by atoms with Gasteiger partial charge in [-0.25, -0.2) is 0 Å². The van der Waals surface area contributed by atoms with Crippen molar-refractivity contribution >= 4 is 16.8 Å². The van der Waals surface area contributed by atoms with Crippen LogP contribution in [0, 0.1) is 0 Å². The molecule has 0 heterocycles. The Morgan fingerprint density at radius 3 is 2.56 bits per heavy atom. The van der Waals surface area contributed by atoms with Crippen molar-refractivity contribution in [2.24, 2.45) is 11.5 Å². The van der Waals surface area contributed by atoms with Gasteiger partial charge in [0, 0.05) is 12.6 Å². The van der Waals surface area contributed by atoms with E-state index in [1.165, 1.54) is 10.8 Å². The van der Waals surface area contributed by atoms with Gasteiger partial charge in [-0.3, -0.25) is 0 Å². The van der Waals surface area contributed by atoms with Gasteiger partial charge in [-0.05, 0) is 22.4 Å². The lowest BCUT2D eigenvalue weighted by Gasteiger charge is -2.02. The summed E-state index contributed by atoms with van der Waals surface area (Å²) in [5.41, 5.74) is 12.3. The van der Waals surface area contributed by atoms with Crippen LogP contribution in [0.4, 0.5) is 0 Å². The predicted octanol–water partition coefficient (Wildman–Crippen LogP) is 2.14. The second-order valence-electron chi connectivity index (χ2n) is 3.87. The van der Waals surface area contributed by atoms with Crippen molar-refractivity contribution in [1.82, 2.24) is 0 Å². The quantitative estimate of drug-likeness (QED) is 0.819. The molecule has 1 unspecified atom stereocenters. The largest absolute Gasteiger partial charge is 0.329 e. The summed E-state index contributed by atoms with van der Waals surface area (Å²) >= 11 is 0. The van der Waals surface area contributed by atoms with E-state index in [2.05, 4.69) is 30.3 Å². The van der Waals surface area contributed by atoms with Gasteiger partial charge in [-0.2, -0.15) is 0 Å². The van der Waals surface area contributed by atoms with Gasteiger partial charge in [-0.15, -0.1) is 0 Å². The molecular weight excluding hydrogens is 196 g/mol. The van der Waals surface area contributed by atoms with E-state index in [1.54, 1.807) is 0 Å². The van der Waals surface area contributed by atoms with Crippen molar-refractivity contribution < 1.29 is 0 Å². The number of rotatable bonds is 3. The van der Waals surface area contributed by atoms with Crippen LogP contribution < -0.4 is 11.5 Å². The first kappa shape index (κ1) is 10.9. The minimum Gasteiger partial charge on any atom is -0.329 e. The molecule has 16 heavy (non-hydrogen) atoms. The van der Waals surface area contributed by atoms with Crippen molar-refractivity contribution in [1.29, 1.82) is 0 Å². The molecule has 0 spiro atoms. The molecule has 1 atom stereocenters. The van der Waals surface area contributed by atoms with E-state index in [1.807, 2.05) is 24.3 Å². The topological polar surface area (TPSA) is 52.0 Å². The molecule has 0 aliphatic heterocycles. The molecule has 0 amide bonds. The van der Waals surface area contributed by atoms with Gasteiger partial charge in [0.25, 0.3) is 0 Å².